The maximum atomic E-state index is 13.0. The van der Waals surface area contributed by atoms with Gasteiger partial charge in [-0.2, -0.15) is 0 Å². The van der Waals surface area contributed by atoms with Crippen LogP contribution in [0.1, 0.15) is 29.8 Å². The number of carbonyl (C=O) groups is 2. The summed E-state index contributed by atoms with van der Waals surface area (Å²) in [6.07, 6.45) is 2.59. The van der Waals surface area contributed by atoms with E-state index in [4.69, 9.17) is 11.6 Å². The Kier molecular flexibility index (Phi) is 3.57. The van der Waals surface area contributed by atoms with Crippen molar-refractivity contribution in [3.05, 3.63) is 35.0 Å². The van der Waals surface area contributed by atoms with Crippen LogP contribution in [0.2, 0.25) is 5.02 Å². The van der Waals surface area contributed by atoms with E-state index in [0.29, 0.717) is 23.8 Å². The van der Waals surface area contributed by atoms with Crippen LogP contribution in [0.15, 0.2) is 24.3 Å². The number of hydrogen-bond donors (Lipinski definition) is 1. The van der Waals surface area contributed by atoms with Crippen LogP contribution in [0.25, 0.3) is 10.9 Å². The minimum Gasteiger partial charge on any atom is -0.356 e. The topological polar surface area (TPSA) is 54.3 Å². The number of likely N-dealkylation sites (tertiary alicyclic amines) is 1. The second-order valence-corrected chi connectivity index (χ2v) is 7.29. The molecule has 5 nitrogen and oxygen atoms in total. The first-order valence-electron chi connectivity index (χ1n) is 8.33. The van der Waals surface area contributed by atoms with Crippen LogP contribution in [0, 0.1) is 5.41 Å². The van der Waals surface area contributed by atoms with Gasteiger partial charge in [0, 0.05) is 32.1 Å². The molecule has 3 heterocycles. The zero-order valence-corrected chi connectivity index (χ0v) is 14.4. The third-order valence-electron chi connectivity index (χ3n) is 5.47. The Morgan fingerprint density at radius 1 is 1.33 bits per heavy atom. The van der Waals surface area contributed by atoms with Crippen LogP contribution in [-0.4, -0.2) is 40.9 Å². The summed E-state index contributed by atoms with van der Waals surface area (Å²) >= 11 is 6.28. The Balaban J connectivity index is 1.64. The lowest BCUT2D eigenvalue weighted by atomic mass is 9.79. The van der Waals surface area contributed by atoms with E-state index >= 15 is 0 Å². The Labute approximate surface area is 145 Å². The van der Waals surface area contributed by atoms with Gasteiger partial charge >= 0.3 is 0 Å². The van der Waals surface area contributed by atoms with Gasteiger partial charge in [0.25, 0.3) is 5.91 Å². The van der Waals surface area contributed by atoms with Gasteiger partial charge in [0.1, 0.15) is 5.69 Å². The van der Waals surface area contributed by atoms with E-state index in [2.05, 4.69) is 5.32 Å². The highest BCUT2D eigenvalue weighted by molar-refractivity contribution is 6.35. The van der Waals surface area contributed by atoms with Gasteiger partial charge in [0.15, 0.2) is 0 Å². The predicted molar refractivity (Wildman–Crippen MR) is 93.1 cm³/mol. The van der Waals surface area contributed by atoms with Crippen molar-refractivity contribution in [1.82, 2.24) is 14.8 Å². The number of rotatable bonds is 1. The third kappa shape index (κ3) is 2.22. The lowest BCUT2D eigenvalue weighted by molar-refractivity contribution is -0.132. The van der Waals surface area contributed by atoms with E-state index in [-0.39, 0.29) is 11.8 Å². The number of hydrogen-bond acceptors (Lipinski definition) is 2. The molecule has 0 bridgehead atoms. The molecule has 2 aromatic rings. The van der Waals surface area contributed by atoms with E-state index in [1.807, 2.05) is 40.8 Å². The number of nitrogens with one attached hydrogen (secondary N) is 1. The average Bonchev–Trinajstić information content (AvgIpc) is 3.14. The van der Waals surface area contributed by atoms with E-state index in [1.54, 1.807) is 0 Å². The number of nitrogens with zero attached hydrogens (tertiary/aromatic N) is 2. The van der Waals surface area contributed by atoms with Crippen LogP contribution in [0.5, 0.6) is 0 Å². The zero-order valence-electron chi connectivity index (χ0n) is 13.6. The van der Waals surface area contributed by atoms with Crippen molar-refractivity contribution in [3.8, 4) is 0 Å². The largest absolute Gasteiger partial charge is 0.356 e. The molecule has 24 heavy (non-hydrogen) atoms. The number of aromatic nitrogens is 1. The number of aryl methyl sites for hydroxylation is 1. The Bertz CT molecular complexity index is 844. The standard InChI is InChI=1S/C18H20ClN3O2/c1-21-14(10-12-4-2-5-13(19)15(12)21)16(23)22-9-7-18(11-22)6-3-8-20-17(18)24/h2,4-5,10H,3,6-9,11H2,1H3,(H,20,24)/t18-/m0/s1. The highest BCUT2D eigenvalue weighted by atomic mass is 35.5. The van der Waals surface area contributed by atoms with Crippen molar-refractivity contribution < 1.29 is 9.59 Å². The van der Waals surface area contributed by atoms with Crippen molar-refractivity contribution in [3.63, 3.8) is 0 Å². The second kappa shape index (κ2) is 5.52. The van der Waals surface area contributed by atoms with Crippen LogP contribution in [0.3, 0.4) is 0 Å². The van der Waals surface area contributed by atoms with Crippen LogP contribution in [-0.2, 0) is 11.8 Å². The number of carbonyl (C=O) groups excluding carboxylic acids is 2. The predicted octanol–water partition coefficient (Wildman–Crippen LogP) is 2.57. The fourth-order valence-corrected chi connectivity index (χ4v) is 4.41. The van der Waals surface area contributed by atoms with Crippen molar-refractivity contribution in [2.45, 2.75) is 19.3 Å². The lowest BCUT2D eigenvalue weighted by Crippen LogP contribution is -2.47. The first-order chi connectivity index (χ1) is 11.5. The van der Waals surface area contributed by atoms with Crippen LogP contribution in [0.4, 0.5) is 0 Å². The molecule has 2 fully saturated rings. The van der Waals surface area contributed by atoms with E-state index in [9.17, 15) is 9.59 Å². The van der Waals surface area contributed by atoms with Gasteiger partial charge < -0.3 is 14.8 Å². The number of halogens is 1. The summed E-state index contributed by atoms with van der Waals surface area (Å²) in [6.45, 7) is 1.88. The van der Waals surface area contributed by atoms with Crippen molar-refractivity contribution in [2.24, 2.45) is 12.5 Å². The van der Waals surface area contributed by atoms with Gasteiger partial charge in [-0.1, -0.05) is 23.7 Å². The van der Waals surface area contributed by atoms with E-state index in [0.717, 1.165) is 36.7 Å². The summed E-state index contributed by atoms with van der Waals surface area (Å²) in [6, 6.07) is 7.55. The molecule has 126 valence electrons. The van der Waals surface area contributed by atoms with E-state index < -0.39 is 5.41 Å². The lowest BCUT2D eigenvalue weighted by Gasteiger charge is -2.32. The normalized spacial score (nSPS) is 23.9. The van der Waals surface area contributed by atoms with Gasteiger partial charge in [-0.25, -0.2) is 0 Å². The molecule has 1 spiro atoms. The number of fused-ring (bicyclic) bond motifs is 1. The first-order valence-corrected chi connectivity index (χ1v) is 8.71. The van der Waals surface area contributed by atoms with Crippen LogP contribution < -0.4 is 5.32 Å². The maximum Gasteiger partial charge on any atom is 0.270 e. The summed E-state index contributed by atoms with van der Waals surface area (Å²) in [5.74, 6) is 0.0733. The van der Waals surface area contributed by atoms with Gasteiger partial charge in [-0.15, -0.1) is 0 Å². The van der Waals surface area contributed by atoms with Crippen molar-refractivity contribution in [2.75, 3.05) is 19.6 Å². The molecule has 1 aromatic carbocycles. The summed E-state index contributed by atoms with van der Waals surface area (Å²) in [5.41, 5.74) is 1.09. The molecule has 0 radical (unpaired) electrons. The molecule has 2 saturated heterocycles. The molecule has 6 heteroatoms. The van der Waals surface area contributed by atoms with Crippen molar-refractivity contribution >= 4 is 34.3 Å². The molecule has 2 amide bonds. The minimum absolute atomic E-state index is 0.0278. The summed E-state index contributed by atoms with van der Waals surface area (Å²) < 4.78 is 1.85. The first kappa shape index (κ1) is 15.5. The van der Waals surface area contributed by atoms with Gasteiger partial charge in [0.2, 0.25) is 5.91 Å². The number of para-hydroxylation sites is 1. The maximum absolute atomic E-state index is 13.0. The minimum atomic E-state index is -0.393. The molecule has 0 aliphatic carbocycles. The Morgan fingerprint density at radius 3 is 2.92 bits per heavy atom. The number of amides is 2. The fourth-order valence-electron chi connectivity index (χ4n) is 4.10. The third-order valence-corrected chi connectivity index (χ3v) is 5.77. The molecule has 2 aliphatic rings. The van der Waals surface area contributed by atoms with Gasteiger partial charge in [-0.05, 0) is 31.4 Å². The number of benzene rings is 1. The van der Waals surface area contributed by atoms with Gasteiger partial charge in [-0.3, -0.25) is 9.59 Å². The van der Waals surface area contributed by atoms with Gasteiger partial charge in [0.05, 0.1) is 16.0 Å². The van der Waals surface area contributed by atoms with Crippen molar-refractivity contribution in [1.29, 1.82) is 0 Å². The SMILES string of the molecule is Cn1c(C(=O)N2CC[C@@]3(CCCNC3=O)C2)cc2cccc(Cl)c21. The molecular formula is C18H20ClN3O2. The smallest absolute Gasteiger partial charge is 0.270 e. The highest BCUT2D eigenvalue weighted by Crippen LogP contribution is 2.38. The van der Waals surface area contributed by atoms with E-state index in [1.165, 1.54) is 0 Å². The monoisotopic (exact) mass is 345 g/mol. The highest BCUT2D eigenvalue weighted by Gasteiger charge is 2.47. The summed E-state index contributed by atoms with van der Waals surface area (Å²) in [5, 5.41) is 4.55. The van der Waals surface area contributed by atoms with Crippen LogP contribution >= 0.6 is 11.6 Å². The quantitative estimate of drug-likeness (QED) is 0.863. The molecular weight excluding hydrogens is 326 g/mol. The summed E-state index contributed by atoms with van der Waals surface area (Å²) in [4.78, 5) is 27.1. The number of piperidine rings is 1. The molecule has 1 N–H and O–H groups in total. The summed E-state index contributed by atoms with van der Waals surface area (Å²) in [7, 11) is 1.86. The zero-order chi connectivity index (χ0) is 16.9. The molecule has 2 aliphatic heterocycles. The molecule has 0 unspecified atom stereocenters. The Hall–Kier alpha value is -2.01. The molecule has 0 saturated carbocycles. The molecule has 4 rings (SSSR count). The Morgan fingerprint density at radius 2 is 2.17 bits per heavy atom. The second-order valence-electron chi connectivity index (χ2n) is 6.88. The molecule has 1 aromatic heterocycles. The molecule has 1 atom stereocenters. The fraction of sp³-hybridized carbons (Fsp3) is 0.444. The average molecular weight is 346 g/mol.